The van der Waals surface area contributed by atoms with Crippen molar-refractivity contribution in [2.24, 2.45) is 11.3 Å². The Kier molecular flexibility index (Phi) is 7.06. The van der Waals surface area contributed by atoms with Crippen LogP contribution in [-0.2, 0) is 17.8 Å². The first-order valence-electron chi connectivity index (χ1n) is 14.5. The summed E-state index contributed by atoms with van der Waals surface area (Å²) in [5.41, 5.74) is 4.13. The van der Waals surface area contributed by atoms with Gasteiger partial charge in [-0.1, -0.05) is 12.8 Å². The number of likely N-dealkylation sites (tertiary alicyclic amines) is 2. The fourth-order valence-electron chi connectivity index (χ4n) is 8.12. The monoisotopic (exact) mass is 526 g/mol. The van der Waals surface area contributed by atoms with E-state index in [9.17, 15) is 18.7 Å². The van der Waals surface area contributed by atoms with Gasteiger partial charge in [0.15, 0.2) is 0 Å². The van der Waals surface area contributed by atoms with Crippen LogP contribution in [0, 0.1) is 29.9 Å². The normalized spacial score (nSPS) is 26.3. The summed E-state index contributed by atoms with van der Waals surface area (Å²) in [6, 6.07) is 3.88. The van der Waals surface area contributed by atoms with Gasteiger partial charge in [0, 0.05) is 50.4 Å². The minimum atomic E-state index is -0.698. The standard InChI is InChI=1S/C30H40F2N4O2/c1-20-28(27-5-4-10-36(27)33-20)21-6-11-34(12-7-21)16-23-17-35(19-30(29(37)38)8-2-3-9-30)18-26(23)22-13-24(31)15-25(32)14-22/h13-15,21,23,26H,2-12,16-19H2,1H3,(H,37,38)/t23-,26+/m0/s1. The number of fused-ring (bicyclic) bond motifs is 1. The van der Waals surface area contributed by atoms with Gasteiger partial charge in [0.25, 0.3) is 0 Å². The van der Waals surface area contributed by atoms with Crippen LogP contribution in [0.5, 0.6) is 0 Å². The number of piperidine rings is 1. The molecule has 0 spiro atoms. The summed E-state index contributed by atoms with van der Waals surface area (Å²) in [4.78, 5) is 17.0. The molecule has 0 amide bonds. The Bertz CT molecular complexity index is 1160. The van der Waals surface area contributed by atoms with Gasteiger partial charge in [-0.05, 0) is 93.6 Å². The quantitative estimate of drug-likeness (QED) is 0.553. The third kappa shape index (κ3) is 4.90. The molecule has 1 saturated carbocycles. The van der Waals surface area contributed by atoms with Crippen molar-refractivity contribution >= 4 is 5.97 Å². The van der Waals surface area contributed by atoms with Gasteiger partial charge < -0.3 is 14.9 Å². The Morgan fingerprint density at radius 3 is 2.42 bits per heavy atom. The van der Waals surface area contributed by atoms with Gasteiger partial charge >= 0.3 is 5.97 Å². The number of nitrogens with zero attached hydrogens (tertiary/aromatic N) is 4. The smallest absolute Gasteiger partial charge is 0.310 e. The van der Waals surface area contributed by atoms with Gasteiger partial charge in [0.2, 0.25) is 0 Å². The SMILES string of the molecule is Cc1nn2c(c1C1CCN(C[C@H]3CN(CC4(C(=O)O)CCCC4)C[C@@H]3c3cc(F)cc(F)c3)CC1)CCC2. The molecule has 0 bridgehead atoms. The molecule has 2 atom stereocenters. The van der Waals surface area contributed by atoms with Crippen LogP contribution >= 0.6 is 0 Å². The van der Waals surface area contributed by atoms with Crippen molar-refractivity contribution in [3.05, 3.63) is 52.3 Å². The second kappa shape index (κ2) is 10.3. The number of aryl methyl sites for hydroxylation is 2. The molecule has 6 nitrogen and oxygen atoms in total. The van der Waals surface area contributed by atoms with Crippen LogP contribution in [-0.4, -0.2) is 69.9 Å². The predicted octanol–water partition coefficient (Wildman–Crippen LogP) is 4.96. The Morgan fingerprint density at radius 2 is 1.74 bits per heavy atom. The number of carbonyl (C=O) groups is 1. The summed E-state index contributed by atoms with van der Waals surface area (Å²) in [5, 5.41) is 14.8. The van der Waals surface area contributed by atoms with E-state index >= 15 is 0 Å². The molecule has 1 aromatic carbocycles. The molecule has 1 aliphatic carbocycles. The second-order valence-electron chi connectivity index (χ2n) is 12.4. The molecule has 1 N–H and O–H groups in total. The molecule has 38 heavy (non-hydrogen) atoms. The molecular weight excluding hydrogens is 486 g/mol. The third-order valence-corrected chi connectivity index (χ3v) is 9.93. The van der Waals surface area contributed by atoms with Crippen LogP contribution in [0.4, 0.5) is 8.78 Å². The first kappa shape index (κ1) is 25.9. The number of aliphatic carboxylic acids is 1. The van der Waals surface area contributed by atoms with E-state index in [1.54, 1.807) is 0 Å². The number of carboxylic acids is 1. The molecule has 1 aromatic heterocycles. The highest BCUT2D eigenvalue weighted by atomic mass is 19.1. The lowest BCUT2D eigenvalue weighted by molar-refractivity contribution is -0.149. The van der Waals surface area contributed by atoms with Crippen LogP contribution in [0.2, 0.25) is 0 Å². The lowest BCUT2D eigenvalue weighted by atomic mass is 9.85. The van der Waals surface area contributed by atoms with Crippen molar-refractivity contribution in [1.29, 1.82) is 0 Å². The molecule has 4 aliphatic rings. The molecule has 3 fully saturated rings. The zero-order valence-corrected chi connectivity index (χ0v) is 22.5. The average molecular weight is 527 g/mol. The number of aromatic nitrogens is 2. The highest BCUT2D eigenvalue weighted by Crippen LogP contribution is 2.43. The van der Waals surface area contributed by atoms with Gasteiger partial charge in [0.05, 0.1) is 11.1 Å². The minimum Gasteiger partial charge on any atom is -0.481 e. The predicted molar refractivity (Wildman–Crippen MR) is 141 cm³/mol. The van der Waals surface area contributed by atoms with E-state index in [-0.39, 0.29) is 11.8 Å². The highest BCUT2D eigenvalue weighted by Gasteiger charge is 2.45. The van der Waals surface area contributed by atoms with Gasteiger partial charge in [-0.2, -0.15) is 5.10 Å². The number of hydrogen-bond acceptors (Lipinski definition) is 4. The van der Waals surface area contributed by atoms with Crippen molar-refractivity contribution < 1.29 is 18.7 Å². The van der Waals surface area contributed by atoms with Gasteiger partial charge in [-0.15, -0.1) is 0 Å². The van der Waals surface area contributed by atoms with Crippen LogP contribution in [0.1, 0.15) is 79.3 Å². The summed E-state index contributed by atoms with van der Waals surface area (Å²) in [6.07, 6.45) is 7.89. The van der Waals surface area contributed by atoms with Crippen molar-refractivity contribution in [2.45, 2.75) is 76.7 Å². The second-order valence-corrected chi connectivity index (χ2v) is 12.4. The maximum Gasteiger partial charge on any atom is 0.310 e. The first-order chi connectivity index (χ1) is 18.3. The molecule has 3 aliphatic heterocycles. The first-order valence-corrected chi connectivity index (χ1v) is 14.5. The summed E-state index contributed by atoms with van der Waals surface area (Å²) in [6.45, 7) is 8.03. The molecule has 0 unspecified atom stereocenters. The summed E-state index contributed by atoms with van der Waals surface area (Å²) < 4.78 is 30.6. The lowest BCUT2D eigenvalue weighted by Crippen LogP contribution is -2.41. The van der Waals surface area contributed by atoms with Crippen LogP contribution < -0.4 is 0 Å². The fourth-order valence-corrected chi connectivity index (χ4v) is 8.12. The largest absolute Gasteiger partial charge is 0.481 e. The molecule has 4 heterocycles. The zero-order valence-electron chi connectivity index (χ0n) is 22.5. The van der Waals surface area contributed by atoms with E-state index in [4.69, 9.17) is 5.10 Å². The Morgan fingerprint density at radius 1 is 1.03 bits per heavy atom. The summed E-state index contributed by atoms with van der Waals surface area (Å²) >= 11 is 0. The number of halogens is 2. The third-order valence-electron chi connectivity index (χ3n) is 9.93. The highest BCUT2D eigenvalue weighted by molar-refractivity contribution is 5.75. The van der Waals surface area contributed by atoms with E-state index < -0.39 is 23.0 Å². The molecule has 8 heteroatoms. The topological polar surface area (TPSA) is 61.6 Å². The summed E-state index contributed by atoms with van der Waals surface area (Å²) in [7, 11) is 0. The molecule has 0 radical (unpaired) electrons. The van der Waals surface area contributed by atoms with Crippen LogP contribution in [0.15, 0.2) is 18.2 Å². The van der Waals surface area contributed by atoms with Gasteiger partial charge in [-0.3, -0.25) is 9.48 Å². The Hall–Kier alpha value is -2.32. The number of carboxylic acid groups (broad SMARTS) is 1. The maximum absolute atomic E-state index is 14.2. The molecule has 2 saturated heterocycles. The number of rotatable bonds is 7. The van der Waals surface area contributed by atoms with Gasteiger partial charge in [0.1, 0.15) is 11.6 Å². The molecule has 6 rings (SSSR count). The van der Waals surface area contributed by atoms with Crippen molar-refractivity contribution in [3.8, 4) is 0 Å². The van der Waals surface area contributed by atoms with E-state index in [0.717, 1.165) is 70.9 Å². The van der Waals surface area contributed by atoms with Crippen molar-refractivity contribution in [1.82, 2.24) is 19.6 Å². The number of benzene rings is 1. The Labute approximate surface area is 224 Å². The number of hydrogen-bond donors (Lipinski definition) is 1. The lowest BCUT2D eigenvalue weighted by Gasteiger charge is -2.35. The summed E-state index contributed by atoms with van der Waals surface area (Å²) in [5.74, 6) is -1.02. The average Bonchev–Trinajstić information content (AvgIpc) is 3.65. The van der Waals surface area contributed by atoms with E-state index in [2.05, 4.69) is 21.4 Å². The maximum atomic E-state index is 14.2. The van der Waals surface area contributed by atoms with E-state index in [1.807, 2.05) is 0 Å². The van der Waals surface area contributed by atoms with Gasteiger partial charge in [-0.25, -0.2) is 8.78 Å². The van der Waals surface area contributed by atoms with E-state index in [1.165, 1.54) is 35.5 Å². The Balaban J connectivity index is 1.16. The van der Waals surface area contributed by atoms with Crippen molar-refractivity contribution in [3.63, 3.8) is 0 Å². The van der Waals surface area contributed by atoms with Crippen LogP contribution in [0.3, 0.4) is 0 Å². The molecule has 206 valence electrons. The molecule has 2 aromatic rings. The van der Waals surface area contributed by atoms with E-state index in [0.29, 0.717) is 37.4 Å². The fraction of sp³-hybridized carbons (Fsp3) is 0.667. The molecular formula is C30H40F2N4O2. The zero-order chi connectivity index (χ0) is 26.4. The minimum absolute atomic E-state index is 0.00800. The van der Waals surface area contributed by atoms with Crippen LogP contribution in [0.25, 0.3) is 0 Å². The van der Waals surface area contributed by atoms with Crippen molar-refractivity contribution in [2.75, 3.05) is 39.3 Å².